The number of likely N-dealkylation sites (tertiary alicyclic amines) is 1. The molecule has 0 saturated carbocycles. The Morgan fingerprint density at radius 3 is 2.58 bits per heavy atom. The first-order valence-electron chi connectivity index (χ1n) is 11.3. The Morgan fingerprint density at radius 2 is 1.85 bits per heavy atom. The average molecular weight is 470 g/mol. The molecule has 2 N–H and O–H groups in total. The number of piperidine rings is 1. The number of aliphatic hydroxyl groups is 1. The highest BCUT2D eigenvalue weighted by Gasteiger charge is 2.33. The highest BCUT2D eigenvalue weighted by molar-refractivity contribution is 7.22. The zero-order valence-corrected chi connectivity index (χ0v) is 20.2. The highest BCUT2D eigenvalue weighted by Crippen LogP contribution is 2.29. The molecular formula is C25H31N3O4S. The Kier molecular flexibility index (Phi) is 7.17. The van der Waals surface area contributed by atoms with Crippen LogP contribution in [0, 0.1) is 13.8 Å². The second kappa shape index (κ2) is 10.1. The van der Waals surface area contributed by atoms with Crippen molar-refractivity contribution >= 4 is 32.6 Å². The first-order valence-corrected chi connectivity index (χ1v) is 12.1. The summed E-state index contributed by atoms with van der Waals surface area (Å²) < 4.78 is 12.4. The summed E-state index contributed by atoms with van der Waals surface area (Å²) in [6.45, 7) is 8.47. The molecule has 0 unspecified atom stereocenters. The number of hydrogen-bond acceptors (Lipinski definition) is 7. The van der Waals surface area contributed by atoms with Gasteiger partial charge in [-0.25, -0.2) is 4.98 Å². The molecule has 1 saturated heterocycles. The Morgan fingerprint density at radius 1 is 1.12 bits per heavy atom. The summed E-state index contributed by atoms with van der Waals surface area (Å²) in [6.07, 6.45) is 1.12. The summed E-state index contributed by atoms with van der Waals surface area (Å²) in [7, 11) is 0. The van der Waals surface area contributed by atoms with Crippen LogP contribution in [-0.2, 0) is 4.79 Å². The molecule has 2 heterocycles. The van der Waals surface area contributed by atoms with E-state index in [1.807, 2.05) is 50.2 Å². The largest absolute Gasteiger partial charge is 0.494 e. The first kappa shape index (κ1) is 23.5. The van der Waals surface area contributed by atoms with Gasteiger partial charge in [-0.3, -0.25) is 9.69 Å². The van der Waals surface area contributed by atoms with Gasteiger partial charge < -0.3 is 19.9 Å². The lowest BCUT2D eigenvalue weighted by Gasteiger charge is -2.37. The SMILES string of the molecule is CCOc1ccc2nc(NC(=O)CN3CCC(O)(COc4ccc(C)c(C)c4)CC3)sc2c1. The van der Waals surface area contributed by atoms with Gasteiger partial charge >= 0.3 is 0 Å². The molecule has 7 nitrogen and oxygen atoms in total. The number of fused-ring (bicyclic) bond motifs is 1. The summed E-state index contributed by atoms with van der Waals surface area (Å²) >= 11 is 1.44. The number of ether oxygens (including phenoxy) is 2. The van der Waals surface area contributed by atoms with Crippen LogP contribution >= 0.6 is 11.3 Å². The molecule has 1 aliphatic heterocycles. The van der Waals surface area contributed by atoms with E-state index >= 15 is 0 Å². The van der Waals surface area contributed by atoms with Crippen LogP contribution in [0.3, 0.4) is 0 Å². The van der Waals surface area contributed by atoms with Gasteiger partial charge in [-0.05, 0) is 75.1 Å². The smallest absolute Gasteiger partial charge is 0.240 e. The minimum atomic E-state index is -0.878. The van der Waals surface area contributed by atoms with Gasteiger partial charge in [0.25, 0.3) is 0 Å². The van der Waals surface area contributed by atoms with Crippen molar-refractivity contribution in [3.05, 3.63) is 47.5 Å². The first-order chi connectivity index (χ1) is 15.8. The maximum Gasteiger partial charge on any atom is 0.240 e. The molecule has 1 aliphatic rings. The van der Waals surface area contributed by atoms with Gasteiger partial charge in [0.2, 0.25) is 5.91 Å². The number of aromatic nitrogens is 1. The monoisotopic (exact) mass is 469 g/mol. The van der Waals surface area contributed by atoms with Crippen molar-refractivity contribution in [1.82, 2.24) is 9.88 Å². The number of nitrogens with zero attached hydrogens (tertiary/aromatic N) is 2. The number of amides is 1. The average Bonchev–Trinajstić information content (AvgIpc) is 3.18. The Hall–Kier alpha value is -2.68. The van der Waals surface area contributed by atoms with E-state index in [0.29, 0.717) is 37.7 Å². The van der Waals surface area contributed by atoms with Gasteiger partial charge in [-0.1, -0.05) is 17.4 Å². The number of benzene rings is 2. The van der Waals surface area contributed by atoms with Gasteiger partial charge in [-0.2, -0.15) is 0 Å². The lowest BCUT2D eigenvalue weighted by atomic mass is 9.92. The molecule has 1 aromatic heterocycles. The number of carbonyl (C=O) groups excluding carboxylic acids is 1. The molecule has 0 atom stereocenters. The maximum absolute atomic E-state index is 12.6. The van der Waals surface area contributed by atoms with Crippen LogP contribution in [0.1, 0.15) is 30.9 Å². The number of nitrogens with one attached hydrogen (secondary N) is 1. The molecule has 1 fully saturated rings. The molecule has 176 valence electrons. The predicted molar refractivity (Wildman–Crippen MR) is 131 cm³/mol. The number of hydrogen-bond donors (Lipinski definition) is 2. The molecular weight excluding hydrogens is 438 g/mol. The van der Waals surface area contributed by atoms with Crippen molar-refractivity contribution in [3.8, 4) is 11.5 Å². The van der Waals surface area contributed by atoms with E-state index in [9.17, 15) is 9.90 Å². The summed E-state index contributed by atoms with van der Waals surface area (Å²) in [5.41, 5.74) is 2.35. The number of rotatable bonds is 8. The number of anilines is 1. The standard InChI is InChI=1S/C25H31N3O4S/c1-4-31-20-7-8-21-22(14-20)33-24(26-21)27-23(29)15-28-11-9-25(30,10-12-28)16-32-19-6-5-17(2)18(3)13-19/h5-8,13-14,30H,4,9-12,15-16H2,1-3H3,(H,26,27,29). The number of aryl methyl sites for hydroxylation is 2. The second-order valence-corrected chi connectivity index (χ2v) is 9.70. The fourth-order valence-corrected chi connectivity index (χ4v) is 4.78. The third-order valence-electron chi connectivity index (χ3n) is 6.06. The topological polar surface area (TPSA) is 83.9 Å². The van der Waals surface area contributed by atoms with E-state index in [4.69, 9.17) is 9.47 Å². The molecule has 0 aliphatic carbocycles. The highest BCUT2D eigenvalue weighted by atomic mass is 32.1. The molecule has 0 bridgehead atoms. The lowest BCUT2D eigenvalue weighted by molar-refractivity contribution is -0.119. The van der Waals surface area contributed by atoms with E-state index in [-0.39, 0.29) is 19.1 Å². The minimum Gasteiger partial charge on any atom is -0.494 e. The fraction of sp³-hybridized carbons (Fsp3) is 0.440. The minimum absolute atomic E-state index is 0.101. The molecule has 3 aromatic rings. The van der Waals surface area contributed by atoms with Gasteiger partial charge in [0.1, 0.15) is 23.7 Å². The zero-order chi connectivity index (χ0) is 23.4. The van der Waals surface area contributed by atoms with Crippen LogP contribution in [0.2, 0.25) is 0 Å². The second-order valence-electron chi connectivity index (χ2n) is 8.66. The van der Waals surface area contributed by atoms with Gasteiger partial charge in [0.15, 0.2) is 5.13 Å². The molecule has 8 heteroatoms. The third-order valence-corrected chi connectivity index (χ3v) is 6.99. The normalized spacial score (nSPS) is 16.0. The van der Waals surface area contributed by atoms with Crippen LogP contribution in [0.15, 0.2) is 36.4 Å². The van der Waals surface area contributed by atoms with E-state index < -0.39 is 5.60 Å². The molecule has 1 amide bonds. The maximum atomic E-state index is 12.6. The molecule has 0 radical (unpaired) electrons. The quantitative estimate of drug-likeness (QED) is 0.516. The number of carbonyl (C=O) groups is 1. The number of thiazole rings is 1. The van der Waals surface area contributed by atoms with E-state index in [1.165, 1.54) is 22.5 Å². The van der Waals surface area contributed by atoms with Crippen LogP contribution in [0.25, 0.3) is 10.2 Å². The molecule has 33 heavy (non-hydrogen) atoms. The zero-order valence-electron chi connectivity index (χ0n) is 19.4. The van der Waals surface area contributed by atoms with Gasteiger partial charge in [-0.15, -0.1) is 0 Å². The van der Waals surface area contributed by atoms with Crippen molar-refractivity contribution in [2.24, 2.45) is 0 Å². The summed E-state index contributed by atoms with van der Waals surface area (Å²) in [4.78, 5) is 19.1. The van der Waals surface area contributed by atoms with Crippen molar-refractivity contribution in [3.63, 3.8) is 0 Å². The van der Waals surface area contributed by atoms with Crippen molar-refractivity contribution in [2.75, 3.05) is 38.2 Å². The predicted octanol–water partition coefficient (Wildman–Crippen LogP) is 4.16. The van der Waals surface area contributed by atoms with Crippen molar-refractivity contribution < 1.29 is 19.4 Å². The Labute approximate surface area is 198 Å². The molecule has 2 aromatic carbocycles. The van der Waals surface area contributed by atoms with Crippen LogP contribution in [0.5, 0.6) is 11.5 Å². The summed E-state index contributed by atoms with van der Waals surface area (Å²) in [5.74, 6) is 1.47. The molecule has 0 spiro atoms. The Balaban J connectivity index is 1.25. The van der Waals surface area contributed by atoms with E-state index in [2.05, 4.69) is 22.1 Å². The van der Waals surface area contributed by atoms with E-state index in [0.717, 1.165) is 21.7 Å². The van der Waals surface area contributed by atoms with Crippen LogP contribution in [0.4, 0.5) is 5.13 Å². The lowest BCUT2D eigenvalue weighted by Crippen LogP contribution is -2.49. The van der Waals surface area contributed by atoms with Crippen LogP contribution in [-0.4, -0.2) is 59.3 Å². The fourth-order valence-electron chi connectivity index (χ4n) is 3.87. The summed E-state index contributed by atoms with van der Waals surface area (Å²) in [5, 5.41) is 14.4. The Bertz CT molecular complexity index is 1120. The van der Waals surface area contributed by atoms with Crippen LogP contribution < -0.4 is 14.8 Å². The van der Waals surface area contributed by atoms with Crippen molar-refractivity contribution in [1.29, 1.82) is 0 Å². The third kappa shape index (κ3) is 6.01. The summed E-state index contributed by atoms with van der Waals surface area (Å²) in [6, 6.07) is 11.7. The molecule has 4 rings (SSSR count). The van der Waals surface area contributed by atoms with E-state index in [1.54, 1.807) is 0 Å². The van der Waals surface area contributed by atoms with Gasteiger partial charge in [0.05, 0.1) is 23.4 Å². The van der Waals surface area contributed by atoms with Gasteiger partial charge in [0, 0.05) is 13.1 Å². The van der Waals surface area contributed by atoms with Crippen molar-refractivity contribution in [2.45, 2.75) is 39.2 Å².